The molecule has 0 heterocycles. The molecule has 0 fully saturated rings. The van der Waals surface area contributed by atoms with Crippen molar-refractivity contribution >= 4 is 0 Å². The first-order valence-corrected chi connectivity index (χ1v) is 0. The van der Waals surface area contributed by atoms with Crippen LogP contribution in [0.3, 0.4) is 0 Å². The largest absolute Gasteiger partial charge is 0.0776 e. The van der Waals surface area contributed by atoms with Gasteiger partial charge in [-0.3, -0.25) is 0 Å². The van der Waals surface area contributed by atoms with Gasteiger partial charge in [0.25, 0.3) is 0 Å². The third kappa shape index (κ3) is 278. The van der Waals surface area contributed by atoms with Gasteiger partial charge in [-0.2, -0.15) is 0 Å². The average Bonchev–Trinajstić information content (AvgIpc) is 0. The summed E-state index contributed by atoms with van der Waals surface area (Å²) in [6, 6.07) is 0. The van der Waals surface area contributed by atoms with Gasteiger partial charge in [-0.1, -0.05) is 96.5 Å². The van der Waals surface area contributed by atoms with Crippen molar-refractivity contribution in [1.29, 1.82) is 0 Å². The second-order valence-electron chi connectivity index (χ2n) is 0. The van der Waals surface area contributed by atoms with E-state index in [4.69, 9.17) is 0 Å². The number of hydrogen-bond acceptors (Lipinski definition) is 0. The molecule has 0 rings (SSSR count). The Morgan fingerprint density at radius 2 is 0.0667 bits per heavy atom. The Morgan fingerprint density at radius 1 is 0.0667 bits per heavy atom. The predicted octanol–water partition coefficient (Wildman–Crippen LogP) is 8.23. The van der Waals surface area contributed by atoms with E-state index in [1.807, 2.05) is 0 Å². The van der Waals surface area contributed by atoms with Gasteiger partial charge in [0.05, 0.1) is 0 Å². The second-order valence-corrected chi connectivity index (χ2v) is 0. The van der Waals surface area contributed by atoms with Crippen LogP contribution in [-0.4, -0.2) is 0 Å². The molecule has 155 valence electrons. The molecule has 17 heteroatoms. The SMILES string of the molecule is C.C.C.C.C.C.C.C.C.C.C.C.C.[Y].[Y].[Y].[Y].[Y].[Y].[Y].[Y].[Y].[Y].[Y].[Y].[Y].[Y].[Y].[Y].[Y]. The van der Waals surface area contributed by atoms with Gasteiger partial charge < -0.3 is 0 Å². The average molecular weight is 1720 g/mol. The summed E-state index contributed by atoms with van der Waals surface area (Å²) in [5.74, 6) is 0. The van der Waals surface area contributed by atoms with Crippen LogP contribution in [0.5, 0.6) is 0 Å². The van der Waals surface area contributed by atoms with Crippen LogP contribution in [0.1, 0.15) is 96.5 Å². The van der Waals surface area contributed by atoms with E-state index in [1.165, 1.54) is 0 Å². The zero-order valence-corrected chi connectivity index (χ0v) is 58.1. The van der Waals surface area contributed by atoms with Crippen molar-refractivity contribution in [2.24, 2.45) is 0 Å². The summed E-state index contributed by atoms with van der Waals surface area (Å²) >= 11 is 0. The maximum absolute atomic E-state index is 0. The zero-order valence-electron chi connectivity index (χ0n) is 9.81. The van der Waals surface area contributed by atoms with Crippen molar-refractivity contribution in [2.45, 2.75) is 96.5 Å². The number of hydrogen-bond donors (Lipinski definition) is 0. The van der Waals surface area contributed by atoms with E-state index in [2.05, 4.69) is 0 Å². The molecule has 0 unspecified atom stereocenters. The van der Waals surface area contributed by atoms with Crippen LogP contribution < -0.4 is 0 Å². The number of rotatable bonds is 0. The van der Waals surface area contributed by atoms with E-state index in [-0.39, 0.29) is 653 Å². The van der Waals surface area contributed by atoms with Crippen molar-refractivity contribution in [1.82, 2.24) is 0 Å². The van der Waals surface area contributed by atoms with E-state index in [1.54, 1.807) is 0 Å². The molecule has 17 radical (unpaired) electrons. The van der Waals surface area contributed by atoms with Gasteiger partial charge in [-0.25, -0.2) is 0 Å². The summed E-state index contributed by atoms with van der Waals surface area (Å²) in [5, 5.41) is 0. The van der Waals surface area contributed by atoms with E-state index in [0.717, 1.165) is 0 Å². The molecule has 30 heavy (non-hydrogen) atoms. The van der Waals surface area contributed by atoms with Gasteiger partial charge in [0.1, 0.15) is 0 Å². The Bertz CT molecular complexity index is 29.6. The Hall–Kier alpha value is 18.8. The monoisotopic (exact) mass is 1720 g/mol. The Labute approximate surface area is 631 Å². The third-order valence-electron chi connectivity index (χ3n) is 0. The molecule has 0 aromatic rings. The fraction of sp³-hybridized carbons (Fsp3) is 1.00. The summed E-state index contributed by atoms with van der Waals surface area (Å²) in [5.41, 5.74) is 0. The molecule has 0 saturated carbocycles. The summed E-state index contributed by atoms with van der Waals surface area (Å²) in [7, 11) is 0. The smallest absolute Gasteiger partial charge is 0 e. The molecule has 0 aliphatic heterocycles. The molecule has 0 N–H and O–H groups in total. The van der Waals surface area contributed by atoms with Crippen molar-refractivity contribution in [3.05, 3.63) is 0 Å². The van der Waals surface area contributed by atoms with Crippen molar-refractivity contribution in [3.63, 3.8) is 0 Å². The van der Waals surface area contributed by atoms with E-state index >= 15 is 0 Å². The minimum atomic E-state index is 0. The first-order valence-electron chi connectivity index (χ1n) is 0. The van der Waals surface area contributed by atoms with Crippen LogP contribution in [0.25, 0.3) is 0 Å². The molecule has 0 bridgehead atoms. The van der Waals surface area contributed by atoms with Crippen LogP contribution >= 0.6 is 0 Å². The Kier molecular flexibility index (Phi) is 3120. The van der Waals surface area contributed by atoms with Crippen molar-refractivity contribution in [3.8, 4) is 0 Å². The molecular formula is C13H52Y17. The fourth-order valence-electron chi connectivity index (χ4n) is 0. The quantitative estimate of drug-likeness (QED) is 0.230. The molecule has 0 spiro atoms. The third-order valence-corrected chi connectivity index (χ3v) is 0. The molecule has 0 amide bonds. The molecule has 0 aliphatic carbocycles. The second kappa shape index (κ2) is 297. The summed E-state index contributed by atoms with van der Waals surface area (Å²) in [4.78, 5) is 0. The standard InChI is InChI=1S/13CH4.17Y/h13*1H4;;;;;;;;;;;;;;;;;. The fourth-order valence-corrected chi connectivity index (χ4v) is 0. The molecule has 0 atom stereocenters. The van der Waals surface area contributed by atoms with Crippen LogP contribution in [0.15, 0.2) is 0 Å². The van der Waals surface area contributed by atoms with Gasteiger partial charge in [-0.05, 0) is 0 Å². The minimum absolute atomic E-state index is 0. The van der Waals surface area contributed by atoms with Crippen LogP contribution in [0.2, 0.25) is 0 Å². The Morgan fingerprint density at radius 3 is 0.0667 bits per heavy atom. The molecule has 0 saturated heterocycles. The normalized spacial score (nSPS) is 0. The van der Waals surface area contributed by atoms with E-state index in [0.29, 0.717) is 0 Å². The van der Waals surface area contributed by atoms with Crippen LogP contribution in [0.4, 0.5) is 0 Å². The maximum Gasteiger partial charge on any atom is 0 e. The summed E-state index contributed by atoms with van der Waals surface area (Å²) in [6.45, 7) is 0. The molecule has 0 aromatic heterocycles. The summed E-state index contributed by atoms with van der Waals surface area (Å²) < 4.78 is 0. The minimum Gasteiger partial charge on any atom is -0.0776 e. The van der Waals surface area contributed by atoms with Gasteiger partial charge in [0.2, 0.25) is 0 Å². The van der Waals surface area contributed by atoms with Gasteiger partial charge >= 0.3 is 0 Å². The van der Waals surface area contributed by atoms with Gasteiger partial charge in [0, 0.05) is 556 Å². The molecule has 0 aliphatic rings. The molecular weight excluding hydrogens is 1670 g/mol. The van der Waals surface area contributed by atoms with Crippen LogP contribution in [0, 0.1) is 0 Å². The van der Waals surface area contributed by atoms with Crippen LogP contribution in [-0.2, 0) is 556 Å². The summed E-state index contributed by atoms with van der Waals surface area (Å²) in [6.07, 6.45) is 0. The van der Waals surface area contributed by atoms with Crippen molar-refractivity contribution in [2.75, 3.05) is 0 Å². The maximum atomic E-state index is 0. The topological polar surface area (TPSA) is 0 Å². The van der Waals surface area contributed by atoms with Gasteiger partial charge in [0.15, 0.2) is 0 Å². The van der Waals surface area contributed by atoms with Crippen molar-refractivity contribution < 1.29 is 556 Å². The Balaban J connectivity index is 0. The zero-order chi connectivity index (χ0) is 0. The first kappa shape index (κ1) is 316. The van der Waals surface area contributed by atoms with E-state index < -0.39 is 0 Å². The molecule has 0 aromatic carbocycles. The van der Waals surface area contributed by atoms with Gasteiger partial charge in [-0.15, -0.1) is 0 Å². The van der Waals surface area contributed by atoms with E-state index in [9.17, 15) is 0 Å². The molecule has 0 nitrogen and oxygen atoms in total. The first-order chi connectivity index (χ1) is 0. The predicted molar refractivity (Wildman–Crippen MR) is 87.5 cm³/mol.